The molecule has 0 saturated carbocycles. The van der Waals surface area contributed by atoms with Gasteiger partial charge in [-0.1, -0.05) is 5.92 Å². The molecule has 0 unspecified atom stereocenters. The van der Waals surface area contributed by atoms with Gasteiger partial charge in [0.1, 0.15) is 17.3 Å². The minimum Gasteiger partial charge on any atom is -0.311 e. The minimum absolute atomic E-state index is 0.0672. The molecular formula is C29H28N8O2. The molecule has 0 aliphatic carbocycles. The van der Waals surface area contributed by atoms with Crippen LogP contribution in [-0.4, -0.2) is 48.3 Å². The molecule has 0 aliphatic rings. The highest BCUT2D eigenvalue weighted by atomic mass is 16.2. The maximum absolute atomic E-state index is 12.7. The molecule has 0 saturated heterocycles. The van der Waals surface area contributed by atoms with Crippen LogP contribution in [0, 0.1) is 25.7 Å². The Morgan fingerprint density at radius 1 is 1.00 bits per heavy atom. The van der Waals surface area contributed by atoms with E-state index in [9.17, 15) is 9.59 Å². The van der Waals surface area contributed by atoms with Crippen molar-refractivity contribution in [2.24, 2.45) is 14.1 Å². The first kappa shape index (κ1) is 25.8. The number of amides is 1. The van der Waals surface area contributed by atoms with Crippen LogP contribution in [0.3, 0.4) is 0 Å². The number of pyridine rings is 2. The molecule has 1 atom stereocenters. The number of likely N-dealkylation sites (N-methyl/N-ethyl adjacent to an activating group) is 1. The number of rotatable bonds is 4. The summed E-state index contributed by atoms with van der Waals surface area (Å²) in [6, 6.07) is 12.2. The molecule has 10 nitrogen and oxygen atoms in total. The lowest BCUT2D eigenvalue weighted by Crippen LogP contribution is -2.35. The van der Waals surface area contributed by atoms with E-state index in [1.165, 1.54) is 6.07 Å². The zero-order valence-corrected chi connectivity index (χ0v) is 22.6. The monoisotopic (exact) mass is 520 g/mol. The summed E-state index contributed by atoms with van der Waals surface area (Å²) in [6.45, 7) is 5.56. The summed E-state index contributed by atoms with van der Waals surface area (Å²) in [6.07, 6.45) is 0. The summed E-state index contributed by atoms with van der Waals surface area (Å²) < 4.78 is 3.38. The molecule has 5 rings (SSSR count). The molecule has 196 valence electrons. The second kappa shape index (κ2) is 10.1. The highest BCUT2D eigenvalue weighted by molar-refractivity contribution is 5.96. The fourth-order valence-corrected chi connectivity index (χ4v) is 4.31. The largest absolute Gasteiger partial charge is 0.311 e. The number of aromatic nitrogens is 6. The summed E-state index contributed by atoms with van der Waals surface area (Å²) in [5.74, 6) is 7.04. The van der Waals surface area contributed by atoms with Crippen LogP contribution in [0.15, 0.2) is 47.3 Å². The molecule has 1 aromatic carbocycles. The van der Waals surface area contributed by atoms with Crippen molar-refractivity contribution >= 4 is 33.7 Å². The third-order valence-corrected chi connectivity index (χ3v) is 6.73. The van der Waals surface area contributed by atoms with E-state index >= 15 is 0 Å². The molecule has 4 aromatic heterocycles. The lowest BCUT2D eigenvalue weighted by atomic mass is 10.1. The molecular weight excluding hydrogens is 492 g/mol. The van der Waals surface area contributed by atoms with E-state index in [0.717, 1.165) is 33.1 Å². The maximum atomic E-state index is 12.7. The van der Waals surface area contributed by atoms with Crippen LogP contribution < -0.4 is 16.2 Å². The van der Waals surface area contributed by atoms with Crippen molar-refractivity contribution < 1.29 is 4.79 Å². The standard InChI is InChI=1S/C29H28N8O2/c1-16(30-4)29(39)34-24-15-21(27-26-17(2)37(6)35-28(26)32-18(3)31-27)14-22(33-24)10-7-19-8-11-23-20(13-19)9-12-25(38)36(23)5/h8-9,11-16,30H,1-6H3,(H,33,34,39)/t16-/m1/s1. The van der Waals surface area contributed by atoms with Crippen molar-refractivity contribution in [3.8, 4) is 23.1 Å². The minimum atomic E-state index is -0.410. The van der Waals surface area contributed by atoms with Crippen LogP contribution in [-0.2, 0) is 18.9 Å². The average molecular weight is 521 g/mol. The molecule has 39 heavy (non-hydrogen) atoms. The van der Waals surface area contributed by atoms with Crippen molar-refractivity contribution in [2.45, 2.75) is 26.8 Å². The molecule has 10 heteroatoms. The Morgan fingerprint density at radius 2 is 1.79 bits per heavy atom. The third-order valence-electron chi connectivity index (χ3n) is 6.73. The van der Waals surface area contributed by atoms with Gasteiger partial charge in [0, 0.05) is 37.0 Å². The Morgan fingerprint density at radius 3 is 2.56 bits per heavy atom. The SMILES string of the molecule is CN[C@H](C)C(=O)Nc1cc(-c2nc(C)nc3nn(C)c(C)c23)cc(C#Cc2ccc3c(ccc(=O)n3C)c2)n1. The molecule has 0 bridgehead atoms. The first-order chi connectivity index (χ1) is 18.6. The molecule has 0 fully saturated rings. The van der Waals surface area contributed by atoms with Crippen molar-refractivity contribution in [1.82, 2.24) is 34.6 Å². The Hall–Kier alpha value is -4.88. The Balaban J connectivity index is 1.64. The zero-order valence-electron chi connectivity index (χ0n) is 22.6. The fraction of sp³-hybridized carbons (Fsp3) is 0.241. The normalized spacial score (nSPS) is 11.8. The lowest BCUT2D eigenvalue weighted by molar-refractivity contribution is -0.117. The number of carbonyl (C=O) groups is 1. The number of fused-ring (bicyclic) bond motifs is 2. The quantitative estimate of drug-likeness (QED) is 0.350. The van der Waals surface area contributed by atoms with E-state index in [4.69, 9.17) is 4.98 Å². The van der Waals surface area contributed by atoms with Gasteiger partial charge in [-0.05, 0) is 75.5 Å². The summed E-state index contributed by atoms with van der Waals surface area (Å²) >= 11 is 0. The van der Waals surface area contributed by atoms with Crippen molar-refractivity contribution in [3.05, 3.63) is 75.6 Å². The first-order valence-electron chi connectivity index (χ1n) is 12.4. The first-order valence-corrected chi connectivity index (χ1v) is 12.4. The van der Waals surface area contributed by atoms with Gasteiger partial charge in [-0.25, -0.2) is 15.0 Å². The van der Waals surface area contributed by atoms with Crippen molar-refractivity contribution in [1.29, 1.82) is 0 Å². The molecule has 1 amide bonds. The number of benzene rings is 1. The second-order valence-electron chi connectivity index (χ2n) is 9.41. The van der Waals surface area contributed by atoms with Gasteiger partial charge in [0.25, 0.3) is 5.56 Å². The lowest BCUT2D eigenvalue weighted by Gasteiger charge is -2.12. The summed E-state index contributed by atoms with van der Waals surface area (Å²) in [5.41, 5.74) is 4.94. The topological polar surface area (TPSA) is 120 Å². The summed E-state index contributed by atoms with van der Waals surface area (Å²) in [7, 11) is 5.33. The zero-order chi connectivity index (χ0) is 27.8. The van der Waals surface area contributed by atoms with E-state index < -0.39 is 6.04 Å². The van der Waals surface area contributed by atoms with Gasteiger partial charge in [0.2, 0.25) is 5.91 Å². The Kier molecular flexibility index (Phi) is 6.68. The van der Waals surface area contributed by atoms with Gasteiger partial charge in [-0.15, -0.1) is 0 Å². The van der Waals surface area contributed by atoms with Crippen LogP contribution in [0.1, 0.15) is 29.7 Å². The van der Waals surface area contributed by atoms with Gasteiger partial charge in [0.15, 0.2) is 5.65 Å². The van der Waals surface area contributed by atoms with Gasteiger partial charge < -0.3 is 15.2 Å². The molecule has 0 aliphatic heterocycles. The van der Waals surface area contributed by atoms with E-state index in [1.807, 2.05) is 45.2 Å². The van der Waals surface area contributed by atoms with Gasteiger partial charge in [-0.2, -0.15) is 5.10 Å². The van der Waals surface area contributed by atoms with E-state index in [0.29, 0.717) is 28.7 Å². The summed E-state index contributed by atoms with van der Waals surface area (Å²) in [4.78, 5) is 38.5. The van der Waals surface area contributed by atoms with Gasteiger partial charge in [0.05, 0.1) is 22.6 Å². The number of carbonyl (C=O) groups excluding carboxylic acids is 1. The molecule has 5 aromatic rings. The molecule has 0 radical (unpaired) electrons. The van der Waals surface area contributed by atoms with Crippen LogP contribution in [0.2, 0.25) is 0 Å². The fourth-order valence-electron chi connectivity index (χ4n) is 4.31. The van der Waals surface area contributed by atoms with E-state index in [1.54, 1.807) is 42.4 Å². The molecule has 0 spiro atoms. The summed E-state index contributed by atoms with van der Waals surface area (Å²) in [5, 5.41) is 12.1. The van der Waals surface area contributed by atoms with Crippen molar-refractivity contribution in [3.63, 3.8) is 0 Å². The van der Waals surface area contributed by atoms with Crippen LogP contribution >= 0.6 is 0 Å². The van der Waals surface area contributed by atoms with Gasteiger partial charge in [-0.3, -0.25) is 14.3 Å². The number of nitrogens with one attached hydrogen (secondary N) is 2. The van der Waals surface area contributed by atoms with Crippen LogP contribution in [0.25, 0.3) is 33.2 Å². The molecule has 4 heterocycles. The number of aryl methyl sites for hydroxylation is 4. The predicted molar refractivity (Wildman–Crippen MR) is 151 cm³/mol. The number of nitrogens with zero attached hydrogens (tertiary/aromatic N) is 6. The van der Waals surface area contributed by atoms with E-state index in [-0.39, 0.29) is 11.5 Å². The van der Waals surface area contributed by atoms with Crippen LogP contribution in [0.5, 0.6) is 0 Å². The smallest absolute Gasteiger partial charge is 0.250 e. The average Bonchev–Trinajstić information content (AvgIpc) is 3.20. The highest BCUT2D eigenvalue weighted by Crippen LogP contribution is 2.30. The van der Waals surface area contributed by atoms with E-state index in [2.05, 4.69) is 37.5 Å². The Labute approximate surface area is 225 Å². The number of hydrogen-bond acceptors (Lipinski definition) is 7. The molecule has 2 N–H and O–H groups in total. The highest BCUT2D eigenvalue weighted by Gasteiger charge is 2.18. The maximum Gasteiger partial charge on any atom is 0.250 e. The third kappa shape index (κ3) is 5.00. The number of anilines is 1. The second-order valence-corrected chi connectivity index (χ2v) is 9.41. The van der Waals surface area contributed by atoms with Gasteiger partial charge >= 0.3 is 0 Å². The Bertz CT molecular complexity index is 1890. The van der Waals surface area contributed by atoms with Crippen molar-refractivity contribution in [2.75, 3.05) is 12.4 Å². The number of hydrogen-bond donors (Lipinski definition) is 2. The predicted octanol–water partition coefficient (Wildman–Crippen LogP) is 2.84. The van der Waals surface area contributed by atoms with Crippen LogP contribution in [0.4, 0.5) is 5.82 Å².